The molecule has 2 N–H and O–H groups in total. The first-order valence-electron chi connectivity index (χ1n) is 4.92. The van der Waals surface area contributed by atoms with Crippen molar-refractivity contribution >= 4 is 23.2 Å². The third kappa shape index (κ3) is 1.02. The van der Waals surface area contributed by atoms with Crippen LogP contribution in [0.4, 0.5) is 11.4 Å². The van der Waals surface area contributed by atoms with E-state index in [-0.39, 0.29) is 23.7 Å². The molecule has 1 aliphatic heterocycles. The maximum absolute atomic E-state index is 11.8. The Kier molecular flexibility index (Phi) is 1.46. The molecule has 1 saturated carbocycles. The molecule has 15 heavy (non-hydrogen) atoms. The average Bonchev–Trinajstić information content (AvgIpc) is 2.96. The third-order valence-corrected chi connectivity index (χ3v) is 3.04. The second-order valence-electron chi connectivity index (χ2n) is 4.02. The number of amides is 2. The Bertz CT molecular complexity index is 449. The van der Waals surface area contributed by atoms with Gasteiger partial charge in [-0.2, -0.15) is 0 Å². The van der Waals surface area contributed by atoms with E-state index in [9.17, 15) is 9.59 Å². The lowest BCUT2D eigenvalue weighted by Crippen LogP contribution is -2.33. The van der Waals surface area contributed by atoms with E-state index in [2.05, 4.69) is 0 Å². The summed E-state index contributed by atoms with van der Waals surface area (Å²) in [5.74, 6) is -0.333. The lowest BCUT2D eigenvalue weighted by molar-refractivity contribution is -0.123. The van der Waals surface area contributed by atoms with E-state index < -0.39 is 0 Å². The van der Waals surface area contributed by atoms with Gasteiger partial charge in [0.2, 0.25) is 11.8 Å². The molecule has 0 bridgehead atoms. The Morgan fingerprint density at radius 3 is 2.33 bits per heavy atom. The molecule has 0 aromatic heterocycles. The largest absolute Gasteiger partial charge is 0.397 e. The van der Waals surface area contributed by atoms with Gasteiger partial charge in [0, 0.05) is 0 Å². The molecule has 76 valence electrons. The molecule has 2 atom stereocenters. The van der Waals surface area contributed by atoms with Crippen LogP contribution in [0.5, 0.6) is 0 Å². The summed E-state index contributed by atoms with van der Waals surface area (Å²) in [6.45, 7) is 0. The number of nitrogens with zero attached hydrogens (tertiary/aromatic N) is 1. The quantitative estimate of drug-likeness (QED) is 0.540. The molecule has 1 aliphatic carbocycles. The molecule has 4 nitrogen and oxygen atoms in total. The number of piperidine rings is 1. The molecule has 2 amide bonds. The van der Waals surface area contributed by atoms with Crippen molar-refractivity contribution in [3.63, 3.8) is 0 Å². The van der Waals surface area contributed by atoms with Gasteiger partial charge >= 0.3 is 0 Å². The summed E-state index contributed by atoms with van der Waals surface area (Å²) in [6.07, 6.45) is 0.723. The van der Waals surface area contributed by atoms with Gasteiger partial charge in [0.1, 0.15) is 0 Å². The number of hydrogen-bond acceptors (Lipinski definition) is 3. The van der Waals surface area contributed by atoms with Crippen LogP contribution in [0.25, 0.3) is 0 Å². The standard InChI is InChI=1S/C11H10N2O2/c12-8-3-1-2-4-9(8)13-10(14)6-5-7(6)11(13)15/h1-4,6-7H,5,12H2. The number of nitrogen functional groups attached to an aromatic ring is 1. The summed E-state index contributed by atoms with van der Waals surface area (Å²) < 4.78 is 0. The topological polar surface area (TPSA) is 63.4 Å². The fourth-order valence-electron chi connectivity index (χ4n) is 2.11. The summed E-state index contributed by atoms with van der Waals surface area (Å²) in [5.41, 5.74) is 6.74. The van der Waals surface area contributed by atoms with Gasteiger partial charge in [0.15, 0.2) is 0 Å². The third-order valence-electron chi connectivity index (χ3n) is 3.04. The Morgan fingerprint density at radius 2 is 1.73 bits per heavy atom. The van der Waals surface area contributed by atoms with E-state index in [1.807, 2.05) is 0 Å². The van der Waals surface area contributed by atoms with Gasteiger partial charge < -0.3 is 5.73 Å². The molecule has 0 spiro atoms. The predicted octanol–water partition coefficient (Wildman–Crippen LogP) is 0.778. The molecule has 3 rings (SSSR count). The van der Waals surface area contributed by atoms with Gasteiger partial charge in [0.25, 0.3) is 0 Å². The maximum atomic E-state index is 11.8. The zero-order chi connectivity index (χ0) is 10.6. The second kappa shape index (κ2) is 2.59. The highest BCUT2D eigenvalue weighted by atomic mass is 16.2. The van der Waals surface area contributed by atoms with Crippen molar-refractivity contribution in [3.05, 3.63) is 24.3 Å². The first-order valence-corrected chi connectivity index (χ1v) is 4.92. The first kappa shape index (κ1) is 8.47. The summed E-state index contributed by atoms with van der Waals surface area (Å²) >= 11 is 0. The van der Waals surface area contributed by atoms with E-state index >= 15 is 0 Å². The van der Waals surface area contributed by atoms with Crippen LogP contribution in [0.1, 0.15) is 6.42 Å². The van der Waals surface area contributed by atoms with E-state index in [1.54, 1.807) is 24.3 Å². The van der Waals surface area contributed by atoms with E-state index in [0.717, 1.165) is 6.42 Å². The lowest BCUT2D eigenvalue weighted by atomic mass is 10.2. The zero-order valence-electron chi connectivity index (χ0n) is 8.01. The number of nitrogens with two attached hydrogens (primary N) is 1. The molecule has 2 fully saturated rings. The van der Waals surface area contributed by atoms with Gasteiger partial charge in [-0.3, -0.25) is 9.59 Å². The summed E-state index contributed by atoms with van der Waals surface area (Å²) in [5, 5.41) is 0. The van der Waals surface area contributed by atoms with Crippen LogP contribution in [-0.2, 0) is 9.59 Å². The van der Waals surface area contributed by atoms with Crippen molar-refractivity contribution in [1.82, 2.24) is 0 Å². The Labute approximate surface area is 86.7 Å². The molecule has 4 heteroatoms. The van der Waals surface area contributed by atoms with Crippen molar-refractivity contribution in [2.75, 3.05) is 10.6 Å². The van der Waals surface area contributed by atoms with Gasteiger partial charge in [-0.1, -0.05) is 12.1 Å². The second-order valence-corrected chi connectivity index (χ2v) is 4.02. The number of carbonyl (C=O) groups is 2. The number of hydrogen-bond donors (Lipinski definition) is 1. The smallest absolute Gasteiger partial charge is 0.237 e. The summed E-state index contributed by atoms with van der Waals surface area (Å²) in [7, 11) is 0. The minimum absolute atomic E-state index is 0.0721. The van der Waals surface area contributed by atoms with E-state index in [0.29, 0.717) is 11.4 Å². The molecule has 2 aliphatic rings. The monoisotopic (exact) mass is 202 g/mol. The SMILES string of the molecule is Nc1ccccc1N1C(=O)C2CC2C1=O. The van der Waals surface area contributed by atoms with Crippen molar-refractivity contribution in [2.45, 2.75) is 6.42 Å². The highest BCUT2D eigenvalue weighted by molar-refractivity contribution is 6.25. The molecular weight excluding hydrogens is 192 g/mol. The normalized spacial score (nSPS) is 28.1. The van der Waals surface area contributed by atoms with Crippen molar-refractivity contribution in [2.24, 2.45) is 11.8 Å². The van der Waals surface area contributed by atoms with Crippen LogP contribution >= 0.6 is 0 Å². The first-order chi connectivity index (χ1) is 7.20. The van der Waals surface area contributed by atoms with Crippen LogP contribution < -0.4 is 10.6 Å². The number of imide groups is 1. The van der Waals surface area contributed by atoms with E-state index in [1.165, 1.54) is 4.90 Å². The molecule has 1 aromatic rings. The highest BCUT2D eigenvalue weighted by Gasteiger charge is 2.59. The number of para-hydroxylation sites is 2. The number of anilines is 2. The Balaban J connectivity index is 2.05. The fraction of sp³-hybridized carbons (Fsp3) is 0.273. The number of benzene rings is 1. The molecule has 1 aromatic carbocycles. The summed E-state index contributed by atoms with van der Waals surface area (Å²) in [6, 6.07) is 6.95. The van der Waals surface area contributed by atoms with Gasteiger partial charge in [-0.25, -0.2) is 4.90 Å². The maximum Gasteiger partial charge on any atom is 0.237 e. The van der Waals surface area contributed by atoms with Crippen molar-refractivity contribution < 1.29 is 9.59 Å². The van der Waals surface area contributed by atoms with Crippen molar-refractivity contribution in [1.29, 1.82) is 0 Å². The minimum atomic E-state index is -0.0945. The fourth-order valence-corrected chi connectivity index (χ4v) is 2.11. The number of fused-ring (bicyclic) bond motifs is 1. The van der Waals surface area contributed by atoms with Gasteiger partial charge in [-0.05, 0) is 18.6 Å². The zero-order valence-corrected chi connectivity index (χ0v) is 8.01. The molecular formula is C11H10N2O2. The molecule has 2 unspecified atom stereocenters. The Morgan fingerprint density at radius 1 is 1.13 bits per heavy atom. The van der Waals surface area contributed by atoms with Gasteiger partial charge in [-0.15, -0.1) is 0 Å². The Hall–Kier alpha value is -1.84. The van der Waals surface area contributed by atoms with Crippen LogP contribution in [0, 0.1) is 11.8 Å². The van der Waals surface area contributed by atoms with Crippen LogP contribution in [0.3, 0.4) is 0 Å². The highest BCUT2D eigenvalue weighted by Crippen LogP contribution is 2.49. The number of carbonyl (C=O) groups excluding carboxylic acids is 2. The average molecular weight is 202 g/mol. The van der Waals surface area contributed by atoms with Gasteiger partial charge in [0.05, 0.1) is 23.2 Å². The van der Waals surface area contributed by atoms with Crippen LogP contribution in [0.15, 0.2) is 24.3 Å². The van der Waals surface area contributed by atoms with Crippen LogP contribution in [0.2, 0.25) is 0 Å². The minimum Gasteiger partial charge on any atom is -0.397 e. The van der Waals surface area contributed by atoms with E-state index in [4.69, 9.17) is 5.73 Å². The molecule has 1 heterocycles. The molecule has 1 saturated heterocycles. The lowest BCUT2D eigenvalue weighted by Gasteiger charge is -2.17. The molecule has 0 radical (unpaired) electrons. The number of rotatable bonds is 1. The predicted molar refractivity (Wildman–Crippen MR) is 54.9 cm³/mol. The summed E-state index contributed by atoms with van der Waals surface area (Å²) in [4.78, 5) is 24.7. The van der Waals surface area contributed by atoms with Crippen molar-refractivity contribution in [3.8, 4) is 0 Å². The van der Waals surface area contributed by atoms with Crippen LogP contribution in [-0.4, -0.2) is 11.8 Å².